The normalized spacial score (nSPS) is 19.6. The third-order valence-electron chi connectivity index (χ3n) is 3.29. The van der Waals surface area contributed by atoms with Crippen LogP contribution in [0, 0.1) is 0 Å². The number of phenols is 1. The van der Waals surface area contributed by atoms with Crippen molar-refractivity contribution in [2.75, 3.05) is 20.8 Å². The quantitative estimate of drug-likeness (QED) is 0.900. The maximum Gasteiger partial charge on any atom is 0.169 e. The van der Waals surface area contributed by atoms with Gasteiger partial charge in [0.25, 0.3) is 0 Å². The highest BCUT2D eigenvalue weighted by molar-refractivity contribution is 9.10. The summed E-state index contributed by atoms with van der Waals surface area (Å²) in [4.78, 5) is 0. The molecule has 1 aliphatic rings. The third-order valence-corrected chi connectivity index (χ3v) is 3.89. The van der Waals surface area contributed by atoms with E-state index in [0.29, 0.717) is 16.0 Å². The van der Waals surface area contributed by atoms with Gasteiger partial charge in [-0.05, 0) is 35.3 Å². The first-order chi connectivity index (χ1) is 8.69. The van der Waals surface area contributed by atoms with E-state index in [1.807, 2.05) is 0 Å². The summed E-state index contributed by atoms with van der Waals surface area (Å²) in [6, 6.07) is 1.83. The van der Waals surface area contributed by atoms with E-state index >= 15 is 0 Å². The number of hydrogen-bond acceptors (Lipinski definition) is 4. The zero-order valence-electron chi connectivity index (χ0n) is 10.6. The van der Waals surface area contributed by atoms with E-state index in [-0.39, 0.29) is 11.8 Å². The third kappa shape index (κ3) is 2.42. The fraction of sp³-hybridized carbons (Fsp3) is 0.538. The zero-order valence-corrected chi connectivity index (χ0v) is 12.2. The lowest BCUT2D eigenvalue weighted by molar-refractivity contribution is 0.328. The average molecular weight is 316 g/mol. The topological polar surface area (TPSA) is 50.7 Å². The van der Waals surface area contributed by atoms with Crippen LogP contribution in [0.15, 0.2) is 10.5 Å². The lowest BCUT2D eigenvalue weighted by atomic mass is 9.95. The van der Waals surface area contributed by atoms with Crippen LogP contribution in [-0.4, -0.2) is 25.9 Å². The molecule has 0 amide bonds. The average Bonchev–Trinajstić information content (AvgIpc) is 2.42. The molecule has 0 radical (unpaired) electrons. The first-order valence-electron chi connectivity index (χ1n) is 6.05. The largest absolute Gasteiger partial charge is 0.506 e. The second kappa shape index (κ2) is 5.80. The van der Waals surface area contributed by atoms with Crippen molar-refractivity contribution in [3.63, 3.8) is 0 Å². The summed E-state index contributed by atoms with van der Waals surface area (Å²) < 4.78 is 11.3. The number of benzene rings is 1. The van der Waals surface area contributed by atoms with Crippen LogP contribution in [0.1, 0.15) is 30.9 Å². The Hall–Kier alpha value is -0.940. The van der Waals surface area contributed by atoms with Gasteiger partial charge in [-0.1, -0.05) is 6.42 Å². The first kappa shape index (κ1) is 13.5. The molecule has 1 fully saturated rings. The number of ether oxygens (including phenoxy) is 2. The summed E-state index contributed by atoms with van der Waals surface area (Å²) in [6.45, 7) is 0.960. The molecular formula is C13H18BrNO3. The van der Waals surface area contributed by atoms with Gasteiger partial charge >= 0.3 is 0 Å². The van der Waals surface area contributed by atoms with Crippen LogP contribution in [0.2, 0.25) is 0 Å². The molecular weight excluding hydrogens is 298 g/mol. The Morgan fingerprint density at radius 3 is 2.67 bits per heavy atom. The van der Waals surface area contributed by atoms with Gasteiger partial charge in [0, 0.05) is 12.1 Å². The predicted octanol–water partition coefficient (Wildman–Crippen LogP) is 2.99. The van der Waals surface area contributed by atoms with Gasteiger partial charge in [0.15, 0.2) is 11.5 Å². The van der Waals surface area contributed by atoms with E-state index in [1.54, 1.807) is 20.3 Å². The van der Waals surface area contributed by atoms with Gasteiger partial charge < -0.3 is 19.9 Å². The number of piperidine rings is 1. The Morgan fingerprint density at radius 2 is 2.11 bits per heavy atom. The molecule has 1 atom stereocenters. The Labute approximate surface area is 115 Å². The molecule has 1 heterocycles. The minimum atomic E-state index is 0.111. The molecule has 0 saturated carbocycles. The van der Waals surface area contributed by atoms with Gasteiger partial charge in [-0.3, -0.25) is 0 Å². The predicted molar refractivity (Wildman–Crippen MR) is 73.5 cm³/mol. The number of phenolic OH excluding ortho intramolecular Hbond substituents is 1. The summed E-state index contributed by atoms with van der Waals surface area (Å²) in [5.41, 5.74) is 0.781. The molecule has 1 unspecified atom stereocenters. The van der Waals surface area contributed by atoms with Crippen molar-refractivity contribution >= 4 is 15.9 Å². The van der Waals surface area contributed by atoms with Crippen molar-refractivity contribution in [3.05, 3.63) is 16.1 Å². The van der Waals surface area contributed by atoms with Crippen molar-refractivity contribution in [1.82, 2.24) is 5.32 Å². The van der Waals surface area contributed by atoms with Gasteiger partial charge in [0.2, 0.25) is 0 Å². The molecule has 2 rings (SSSR count). The van der Waals surface area contributed by atoms with Crippen LogP contribution < -0.4 is 14.8 Å². The van der Waals surface area contributed by atoms with Crippen LogP contribution in [0.25, 0.3) is 0 Å². The number of methoxy groups -OCH3 is 2. The van der Waals surface area contributed by atoms with Gasteiger partial charge in [0.05, 0.1) is 24.3 Å². The maximum atomic E-state index is 10.3. The van der Waals surface area contributed by atoms with Gasteiger partial charge in [0.1, 0.15) is 5.75 Å². The SMILES string of the molecule is COc1cc(Br)c(O)c(C2CCCCN2)c1OC. The van der Waals surface area contributed by atoms with Crippen molar-refractivity contribution in [1.29, 1.82) is 0 Å². The van der Waals surface area contributed by atoms with Crippen LogP contribution >= 0.6 is 15.9 Å². The molecule has 1 aromatic rings. The second-order valence-corrected chi connectivity index (χ2v) is 5.21. The first-order valence-corrected chi connectivity index (χ1v) is 6.85. The van der Waals surface area contributed by atoms with Crippen molar-refractivity contribution in [3.8, 4) is 17.2 Å². The Kier molecular flexibility index (Phi) is 4.35. The molecule has 5 heteroatoms. The second-order valence-electron chi connectivity index (χ2n) is 4.36. The minimum Gasteiger partial charge on any atom is -0.506 e. The molecule has 0 spiro atoms. The monoisotopic (exact) mass is 315 g/mol. The van der Waals surface area contributed by atoms with Crippen molar-refractivity contribution in [2.24, 2.45) is 0 Å². The van der Waals surface area contributed by atoms with Crippen LogP contribution in [-0.2, 0) is 0 Å². The molecule has 18 heavy (non-hydrogen) atoms. The number of aromatic hydroxyl groups is 1. The van der Waals surface area contributed by atoms with E-state index in [1.165, 1.54) is 6.42 Å². The molecule has 100 valence electrons. The molecule has 0 bridgehead atoms. The Balaban J connectivity index is 2.51. The highest BCUT2D eigenvalue weighted by atomic mass is 79.9. The summed E-state index contributed by atoms with van der Waals surface area (Å²) in [5.74, 6) is 1.47. The molecule has 4 nitrogen and oxygen atoms in total. The lowest BCUT2D eigenvalue weighted by Crippen LogP contribution is -2.27. The smallest absolute Gasteiger partial charge is 0.169 e. The maximum absolute atomic E-state index is 10.3. The highest BCUT2D eigenvalue weighted by Gasteiger charge is 2.26. The minimum absolute atomic E-state index is 0.111. The van der Waals surface area contributed by atoms with Gasteiger partial charge in [-0.2, -0.15) is 0 Å². The van der Waals surface area contributed by atoms with E-state index in [9.17, 15) is 5.11 Å². The molecule has 0 aromatic heterocycles. The number of hydrogen-bond donors (Lipinski definition) is 2. The standard InChI is InChI=1S/C13H18BrNO3/c1-17-10-7-8(14)12(16)11(13(10)18-2)9-5-3-4-6-15-9/h7,9,15-16H,3-6H2,1-2H3. The van der Waals surface area contributed by atoms with E-state index in [0.717, 1.165) is 24.9 Å². The van der Waals surface area contributed by atoms with Crippen molar-refractivity contribution < 1.29 is 14.6 Å². The van der Waals surface area contributed by atoms with E-state index in [4.69, 9.17) is 9.47 Å². The van der Waals surface area contributed by atoms with Gasteiger partial charge in [-0.25, -0.2) is 0 Å². The van der Waals surface area contributed by atoms with Crippen LogP contribution in [0.3, 0.4) is 0 Å². The van der Waals surface area contributed by atoms with Crippen LogP contribution in [0.4, 0.5) is 0 Å². The number of rotatable bonds is 3. The number of nitrogens with one attached hydrogen (secondary N) is 1. The molecule has 1 aromatic carbocycles. The Morgan fingerprint density at radius 1 is 1.33 bits per heavy atom. The van der Waals surface area contributed by atoms with Crippen LogP contribution in [0.5, 0.6) is 17.2 Å². The molecule has 1 aliphatic heterocycles. The summed E-state index contributed by atoms with van der Waals surface area (Å²) >= 11 is 3.35. The highest BCUT2D eigenvalue weighted by Crippen LogP contribution is 2.46. The summed E-state index contributed by atoms with van der Waals surface area (Å²) in [6.07, 6.45) is 3.31. The van der Waals surface area contributed by atoms with Crippen molar-refractivity contribution in [2.45, 2.75) is 25.3 Å². The van der Waals surface area contributed by atoms with E-state index < -0.39 is 0 Å². The molecule has 1 saturated heterocycles. The fourth-order valence-corrected chi connectivity index (χ4v) is 2.82. The Bertz CT molecular complexity index is 431. The van der Waals surface area contributed by atoms with Gasteiger partial charge in [-0.15, -0.1) is 0 Å². The molecule has 0 aliphatic carbocycles. The summed E-state index contributed by atoms with van der Waals surface area (Å²) in [5, 5.41) is 13.7. The zero-order chi connectivity index (χ0) is 13.1. The fourth-order valence-electron chi connectivity index (χ4n) is 2.40. The van der Waals surface area contributed by atoms with E-state index in [2.05, 4.69) is 21.2 Å². The molecule has 2 N–H and O–H groups in total. The lowest BCUT2D eigenvalue weighted by Gasteiger charge is -2.27. The summed E-state index contributed by atoms with van der Waals surface area (Å²) in [7, 11) is 3.19. The number of halogens is 1.